The van der Waals surface area contributed by atoms with Crippen LogP contribution in [0, 0.1) is 6.92 Å². The Morgan fingerprint density at radius 2 is 2.12 bits per heavy atom. The van der Waals surface area contributed by atoms with Gasteiger partial charge in [0.25, 0.3) is 0 Å². The van der Waals surface area contributed by atoms with E-state index in [1.807, 2.05) is 12.3 Å². The lowest BCUT2D eigenvalue weighted by molar-refractivity contribution is 0.981. The molecule has 0 atom stereocenters. The minimum absolute atomic E-state index is 0.986. The normalized spacial score (nSPS) is 10.7. The predicted molar refractivity (Wildman–Crippen MR) is 73.0 cm³/mol. The molecular formula is C13H15BrN2. The number of nitrogens with one attached hydrogen (secondary N) is 1. The summed E-state index contributed by atoms with van der Waals surface area (Å²) in [5, 5.41) is 4.61. The van der Waals surface area contributed by atoms with E-state index in [1.165, 1.54) is 10.9 Å². The first-order valence-electron chi connectivity index (χ1n) is 5.51. The van der Waals surface area contributed by atoms with Gasteiger partial charge in [0.2, 0.25) is 0 Å². The lowest BCUT2D eigenvalue weighted by Crippen LogP contribution is -2.01. The van der Waals surface area contributed by atoms with Gasteiger partial charge in [-0.25, -0.2) is 0 Å². The number of hydrogen-bond donors (Lipinski definition) is 1. The van der Waals surface area contributed by atoms with Crippen LogP contribution in [-0.2, 0) is 0 Å². The zero-order valence-corrected chi connectivity index (χ0v) is 11.1. The first-order chi connectivity index (χ1) is 7.74. The number of halogens is 1. The van der Waals surface area contributed by atoms with Crippen LogP contribution in [0.5, 0.6) is 0 Å². The van der Waals surface area contributed by atoms with Crippen molar-refractivity contribution in [2.75, 3.05) is 11.9 Å². The van der Waals surface area contributed by atoms with Gasteiger partial charge in [0.05, 0.1) is 5.52 Å². The minimum Gasteiger partial charge on any atom is -0.384 e. The lowest BCUT2D eigenvalue weighted by atomic mass is 10.1. The fourth-order valence-corrected chi connectivity index (χ4v) is 2.30. The highest BCUT2D eigenvalue weighted by molar-refractivity contribution is 9.10. The maximum atomic E-state index is 4.44. The molecule has 2 aromatic rings. The third-order valence-electron chi connectivity index (χ3n) is 2.61. The molecule has 1 aromatic heterocycles. The first-order valence-corrected chi connectivity index (χ1v) is 6.31. The Bertz CT molecular complexity index is 509. The molecule has 0 amide bonds. The molecule has 3 heteroatoms. The fraction of sp³-hybridized carbons (Fsp3) is 0.308. The van der Waals surface area contributed by atoms with E-state index in [-0.39, 0.29) is 0 Å². The molecule has 0 radical (unpaired) electrons. The highest BCUT2D eigenvalue weighted by Gasteiger charge is 2.07. The van der Waals surface area contributed by atoms with Crippen molar-refractivity contribution in [3.8, 4) is 0 Å². The molecule has 1 N–H and O–H groups in total. The molecule has 0 saturated carbocycles. The molecule has 1 aromatic carbocycles. The lowest BCUT2D eigenvalue weighted by Gasteiger charge is -2.11. The Morgan fingerprint density at radius 3 is 2.88 bits per heavy atom. The van der Waals surface area contributed by atoms with E-state index in [4.69, 9.17) is 0 Å². The topological polar surface area (TPSA) is 24.9 Å². The summed E-state index contributed by atoms with van der Waals surface area (Å²) in [6, 6.07) is 6.20. The number of anilines is 1. The second kappa shape index (κ2) is 4.83. The summed E-state index contributed by atoms with van der Waals surface area (Å²) >= 11 is 3.59. The maximum Gasteiger partial charge on any atom is 0.0763 e. The summed E-state index contributed by atoms with van der Waals surface area (Å²) in [5.41, 5.74) is 3.43. The molecule has 84 valence electrons. The van der Waals surface area contributed by atoms with Crippen LogP contribution in [0.15, 0.2) is 28.9 Å². The van der Waals surface area contributed by atoms with Gasteiger partial charge < -0.3 is 5.32 Å². The number of benzene rings is 1. The van der Waals surface area contributed by atoms with Crippen molar-refractivity contribution in [3.63, 3.8) is 0 Å². The Morgan fingerprint density at radius 1 is 1.31 bits per heavy atom. The van der Waals surface area contributed by atoms with E-state index >= 15 is 0 Å². The quantitative estimate of drug-likeness (QED) is 0.913. The summed E-state index contributed by atoms with van der Waals surface area (Å²) in [6.07, 6.45) is 2.98. The Labute approximate surface area is 104 Å². The molecule has 0 aliphatic carbocycles. The molecule has 16 heavy (non-hydrogen) atoms. The second-order valence-electron chi connectivity index (χ2n) is 3.87. The number of hydrogen-bond acceptors (Lipinski definition) is 2. The molecule has 0 saturated heterocycles. The van der Waals surface area contributed by atoms with E-state index < -0.39 is 0 Å². The molecule has 0 fully saturated rings. The zero-order chi connectivity index (χ0) is 11.5. The molecule has 0 aliphatic heterocycles. The van der Waals surface area contributed by atoms with Crippen molar-refractivity contribution in [3.05, 3.63) is 34.4 Å². The molecule has 2 nitrogen and oxygen atoms in total. The monoisotopic (exact) mass is 278 g/mol. The van der Waals surface area contributed by atoms with Gasteiger partial charge in [-0.05, 0) is 31.0 Å². The Kier molecular flexibility index (Phi) is 3.44. The van der Waals surface area contributed by atoms with Crippen LogP contribution >= 0.6 is 15.9 Å². The van der Waals surface area contributed by atoms with Gasteiger partial charge in [-0.3, -0.25) is 4.98 Å². The highest BCUT2D eigenvalue weighted by atomic mass is 79.9. The standard InChI is InChI=1S/C13H15BrN2/c1-3-7-15-11-6-8-16-13-9(2)4-5-10(14)12(11)13/h4-6,8H,3,7H2,1-2H3,(H,15,16). The molecular weight excluding hydrogens is 264 g/mol. The first kappa shape index (κ1) is 11.4. The highest BCUT2D eigenvalue weighted by Crippen LogP contribution is 2.31. The van der Waals surface area contributed by atoms with Gasteiger partial charge in [0.15, 0.2) is 0 Å². The number of fused-ring (bicyclic) bond motifs is 1. The number of pyridine rings is 1. The molecule has 0 spiro atoms. The molecule has 2 rings (SSSR count). The van der Waals surface area contributed by atoms with Gasteiger partial charge in [0, 0.05) is 28.3 Å². The molecule has 0 bridgehead atoms. The number of rotatable bonds is 3. The summed E-state index contributed by atoms with van der Waals surface area (Å²) in [4.78, 5) is 4.44. The molecule has 1 heterocycles. The third kappa shape index (κ3) is 2.05. The number of nitrogens with zero attached hydrogens (tertiary/aromatic N) is 1. The van der Waals surface area contributed by atoms with Gasteiger partial charge in [-0.15, -0.1) is 0 Å². The van der Waals surface area contributed by atoms with E-state index in [0.29, 0.717) is 0 Å². The Hall–Kier alpha value is -1.09. The summed E-state index contributed by atoms with van der Waals surface area (Å²) in [6.45, 7) is 5.24. The summed E-state index contributed by atoms with van der Waals surface area (Å²) in [5.74, 6) is 0. The van der Waals surface area contributed by atoms with Crippen molar-refractivity contribution in [1.82, 2.24) is 4.98 Å². The Balaban J connectivity index is 2.61. The van der Waals surface area contributed by atoms with E-state index in [1.54, 1.807) is 0 Å². The van der Waals surface area contributed by atoms with E-state index in [2.05, 4.69) is 52.2 Å². The van der Waals surface area contributed by atoms with Crippen LogP contribution in [0.25, 0.3) is 10.9 Å². The van der Waals surface area contributed by atoms with Crippen molar-refractivity contribution in [2.24, 2.45) is 0 Å². The third-order valence-corrected chi connectivity index (χ3v) is 3.27. The number of aromatic nitrogens is 1. The summed E-state index contributed by atoms with van der Waals surface area (Å²) in [7, 11) is 0. The van der Waals surface area contributed by atoms with Crippen LogP contribution in [0.1, 0.15) is 18.9 Å². The van der Waals surface area contributed by atoms with Crippen LogP contribution in [0.3, 0.4) is 0 Å². The van der Waals surface area contributed by atoms with Gasteiger partial charge >= 0.3 is 0 Å². The average Bonchev–Trinajstić information content (AvgIpc) is 2.31. The van der Waals surface area contributed by atoms with E-state index in [0.717, 1.165) is 28.6 Å². The zero-order valence-electron chi connectivity index (χ0n) is 9.55. The van der Waals surface area contributed by atoms with Crippen molar-refractivity contribution in [2.45, 2.75) is 20.3 Å². The van der Waals surface area contributed by atoms with E-state index in [9.17, 15) is 0 Å². The van der Waals surface area contributed by atoms with Gasteiger partial charge in [-0.2, -0.15) is 0 Å². The largest absolute Gasteiger partial charge is 0.384 e. The average molecular weight is 279 g/mol. The van der Waals surface area contributed by atoms with Gasteiger partial charge in [-0.1, -0.05) is 28.9 Å². The van der Waals surface area contributed by atoms with Crippen LogP contribution < -0.4 is 5.32 Å². The van der Waals surface area contributed by atoms with Crippen molar-refractivity contribution >= 4 is 32.5 Å². The SMILES string of the molecule is CCCNc1ccnc2c(C)ccc(Br)c12. The van der Waals surface area contributed by atoms with Crippen LogP contribution in [0.2, 0.25) is 0 Å². The maximum absolute atomic E-state index is 4.44. The molecule has 0 unspecified atom stereocenters. The van der Waals surface area contributed by atoms with Crippen molar-refractivity contribution in [1.29, 1.82) is 0 Å². The summed E-state index contributed by atoms with van der Waals surface area (Å²) < 4.78 is 1.10. The predicted octanol–water partition coefficient (Wildman–Crippen LogP) is 4.13. The number of aryl methyl sites for hydroxylation is 1. The second-order valence-corrected chi connectivity index (χ2v) is 4.73. The van der Waals surface area contributed by atoms with Crippen molar-refractivity contribution < 1.29 is 0 Å². The smallest absolute Gasteiger partial charge is 0.0763 e. The van der Waals surface area contributed by atoms with Gasteiger partial charge in [0.1, 0.15) is 0 Å². The molecule has 0 aliphatic rings. The minimum atomic E-state index is 0.986. The van der Waals surface area contributed by atoms with Crippen LogP contribution in [0.4, 0.5) is 5.69 Å². The fourth-order valence-electron chi connectivity index (χ4n) is 1.77. The van der Waals surface area contributed by atoms with Crippen LogP contribution in [-0.4, -0.2) is 11.5 Å².